The number of aryl methyl sites for hydroxylation is 3. The van der Waals surface area contributed by atoms with Crippen molar-refractivity contribution in [2.45, 2.75) is 33.7 Å². The number of guanidine groups is 1. The summed E-state index contributed by atoms with van der Waals surface area (Å²) in [5.74, 6) is 2.19. The topological polar surface area (TPSA) is 88.5 Å². The van der Waals surface area contributed by atoms with Crippen molar-refractivity contribution in [1.29, 1.82) is 0 Å². The Kier molecular flexibility index (Phi) is 5.90. The maximum atomic E-state index is 5.58. The first-order valence-corrected chi connectivity index (χ1v) is 8.94. The third kappa shape index (κ3) is 4.75. The van der Waals surface area contributed by atoms with E-state index in [1.165, 1.54) is 5.56 Å². The van der Waals surface area contributed by atoms with E-state index < -0.39 is 0 Å². The van der Waals surface area contributed by atoms with E-state index in [4.69, 9.17) is 8.94 Å². The Morgan fingerprint density at radius 3 is 2.56 bits per heavy atom. The molecule has 1 aromatic carbocycles. The van der Waals surface area contributed by atoms with Gasteiger partial charge in [-0.3, -0.25) is 4.99 Å². The SMILES string of the molecule is CN=C(NCCc1c(C)noc1C)NCc1coc(-c2ccc(C)cc2)n1. The molecular formula is C20H25N5O2. The third-order valence-electron chi connectivity index (χ3n) is 4.36. The zero-order chi connectivity index (χ0) is 19.2. The van der Waals surface area contributed by atoms with E-state index in [-0.39, 0.29) is 0 Å². The fourth-order valence-electron chi connectivity index (χ4n) is 2.78. The Morgan fingerprint density at radius 2 is 1.89 bits per heavy atom. The fraction of sp³-hybridized carbons (Fsp3) is 0.350. The molecule has 7 nitrogen and oxygen atoms in total. The summed E-state index contributed by atoms with van der Waals surface area (Å²) in [6.07, 6.45) is 2.49. The minimum absolute atomic E-state index is 0.528. The van der Waals surface area contributed by atoms with Crippen LogP contribution in [0.4, 0.5) is 0 Å². The molecule has 0 radical (unpaired) electrons. The van der Waals surface area contributed by atoms with E-state index in [1.54, 1.807) is 13.3 Å². The number of hydrogen-bond acceptors (Lipinski definition) is 5. The number of nitrogens with zero attached hydrogens (tertiary/aromatic N) is 3. The maximum Gasteiger partial charge on any atom is 0.226 e. The molecule has 2 aromatic heterocycles. The molecule has 0 aliphatic rings. The van der Waals surface area contributed by atoms with Crippen LogP contribution in [0.3, 0.4) is 0 Å². The average Bonchev–Trinajstić information content (AvgIpc) is 3.26. The van der Waals surface area contributed by atoms with E-state index in [2.05, 4.69) is 32.7 Å². The van der Waals surface area contributed by atoms with Crippen LogP contribution in [0.25, 0.3) is 11.5 Å². The highest BCUT2D eigenvalue weighted by Gasteiger charge is 2.10. The lowest BCUT2D eigenvalue weighted by Gasteiger charge is -2.10. The Morgan fingerprint density at radius 1 is 1.11 bits per heavy atom. The third-order valence-corrected chi connectivity index (χ3v) is 4.36. The largest absolute Gasteiger partial charge is 0.444 e. The summed E-state index contributed by atoms with van der Waals surface area (Å²) in [4.78, 5) is 8.77. The van der Waals surface area contributed by atoms with E-state index >= 15 is 0 Å². The van der Waals surface area contributed by atoms with Gasteiger partial charge in [0.25, 0.3) is 0 Å². The van der Waals surface area contributed by atoms with Crippen LogP contribution in [0, 0.1) is 20.8 Å². The minimum atomic E-state index is 0.528. The van der Waals surface area contributed by atoms with Crippen LogP contribution in [0.5, 0.6) is 0 Å². The molecule has 0 saturated heterocycles. The van der Waals surface area contributed by atoms with Gasteiger partial charge in [-0.2, -0.15) is 0 Å². The molecule has 2 N–H and O–H groups in total. The molecule has 27 heavy (non-hydrogen) atoms. The predicted molar refractivity (Wildman–Crippen MR) is 105 cm³/mol. The highest BCUT2D eigenvalue weighted by molar-refractivity contribution is 5.79. The number of rotatable bonds is 6. The van der Waals surface area contributed by atoms with Crippen molar-refractivity contribution in [2.24, 2.45) is 4.99 Å². The summed E-state index contributed by atoms with van der Waals surface area (Å²) in [7, 11) is 1.74. The lowest BCUT2D eigenvalue weighted by atomic mass is 10.1. The second kappa shape index (κ2) is 8.53. The normalized spacial score (nSPS) is 11.6. The number of hydrogen-bond donors (Lipinski definition) is 2. The molecule has 0 amide bonds. The van der Waals surface area contributed by atoms with Gasteiger partial charge >= 0.3 is 0 Å². The van der Waals surface area contributed by atoms with Crippen molar-refractivity contribution in [3.63, 3.8) is 0 Å². The van der Waals surface area contributed by atoms with Crippen LogP contribution < -0.4 is 10.6 Å². The van der Waals surface area contributed by atoms with Crippen LogP contribution in [0.2, 0.25) is 0 Å². The number of aromatic nitrogens is 2. The van der Waals surface area contributed by atoms with Crippen molar-refractivity contribution in [3.8, 4) is 11.5 Å². The molecule has 0 aliphatic carbocycles. The second-order valence-electron chi connectivity index (χ2n) is 6.42. The van der Waals surface area contributed by atoms with Gasteiger partial charge in [0.1, 0.15) is 12.0 Å². The highest BCUT2D eigenvalue weighted by atomic mass is 16.5. The first kappa shape index (κ1) is 18.7. The molecule has 0 spiro atoms. The van der Waals surface area contributed by atoms with Crippen LogP contribution in [-0.2, 0) is 13.0 Å². The summed E-state index contributed by atoms with van der Waals surface area (Å²) in [6.45, 7) is 7.20. The molecule has 0 atom stereocenters. The molecule has 0 saturated carbocycles. The Labute approximate surface area is 158 Å². The van der Waals surface area contributed by atoms with Crippen LogP contribution in [-0.4, -0.2) is 29.7 Å². The van der Waals surface area contributed by atoms with Gasteiger partial charge in [0.05, 0.1) is 17.9 Å². The van der Waals surface area contributed by atoms with Gasteiger partial charge in [0.15, 0.2) is 5.96 Å². The molecule has 142 valence electrons. The van der Waals surface area contributed by atoms with Crippen LogP contribution in [0.1, 0.15) is 28.3 Å². The molecule has 0 fully saturated rings. The van der Waals surface area contributed by atoms with Gasteiger partial charge < -0.3 is 19.6 Å². The van der Waals surface area contributed by atoms with E-state index in [0.29, 0.717) is 18.4 Å². The van der Waals surface area contributed by atoms with Gasteiger partial charge in [0, 0.05) is 24.7 Å². The summed E-state index contributed by atoms with van der Waals surface area (Å²) in [5, 5.41) is 10.5. The number of nitrogens with one attached hydrogen (secondary N) is 2. The van der Waals surface area contributed by atoms with E-state index in [9.17, 15) is 0 Å². The zero-order valence-corrected chi connectivity index (χ0v) is 16.2. The van der Waals surface area contributed by atoms with Crippen molar-refractivity contribution in [3.05, 3.63) is 58.8 Å². The Balaban J connectivity index is 1.50. The van der Waals surface area contributed by atoms with E-state index in [0.717, 1.165) is 41.2 Å². The maximum absolute atomic E-state index is 5.58. The van der Waals surface area contributed by atoms with Crippen LogP contribution in [0.15, 0.2) is 44.5 Å². The fourth-order valence-corrected chi connectivity index (χ4v) is 2.78. The van der Waals surface area contributed by atoms with Crippen molar-refractivity contribution < 1.29 is 8.94 Å². The Hall–Kier alpha value is -3.09. The lowest BCUT2D eigenvalue weighted by Crippen LogP contribution is -2.38. The standard InChI is InChI=1S/C20H25N5O2/c1-13-5-7-16(8-6-13)19-24-17(12-26-19)11-23-20(21-4)22-10-9-18-14(2)25-27-15(18)3/h5-8,12H,9-11H2,1-4H3,(H2,21,22,23). The number of benzene rings is 1. The monoisotopic (exact) mass is 367 g/mol. The number of oxazole rings is 1. The van der Waals surface area contributed by atoms with Crippen molar-refractivity contribution >= 4 is 5.96 Å². The zero-order valence-electron chi connectivity index (χ0n) is 16.2. The molecule has 3 aromatic rings. The van der Waals surface area contributed by atoms with Gasteiger partial charge in [-0.15, -0.1) is 0 Å². The molecular weight excluding hydrogens is 342 g/mol. The van der Waals surface area contributed by atoms with Gasteiger partial charge in [-0.05, 0) is 39.3 Å². The molecule has 0 aliphatic heterocycles. The van der Waals surface area contributed by atoms with Gasteiger partial charge in [0.2, 0.25) is 5.89 Å². The number of aliphatic imine (C=N–C) groups is 1. The summed E-state index contributed by atoms with van der Waals surface area (Å²) in [5.41, 5.74) is 5.06. The summed E-state index contributed by atoms with van der Waals surface area (Å²) >= 11 is 0. The van der Waals surface area contributed by atoms with Gasteiger partial charge in [-0.1, -0.05) is 22.9 Å². The molecule has 0 unspecified atom stereocenters. The molecule has 2 heterocycles. The lowest BCUT2D eigenvalue weighted by molar-refractivity contribution is 0.392. The van der Waals surface area contributed by atoms with Gasteiger partial charge in [-0.25, -0.2) is 4.98 Å². The van der Waals surface area contributed by atoms with Crippen LogP contribution >= 0.6 is 0 Å². The first-order chi connectivity index (χ1) is 13.1. The molecule has 7 heteroatoms. The smallest absolute Gasteiger partial charge is 0.226 e. The predicted octanol–water partition coefficient (Wildman–Crippen LogP) is 3.16. The second-order valence-corrected chi connectivity index (χ2v) is 6.42. The molecule has 3 rings (SSSR count). The summed E-state index contributed by atoms with van der Waals surface area (Å²) in [6, 6.07) is 8.10. The molecule has 0 bridgehead atoms. The minimum Gasteiger partial charge on any atom is -0.444 e. The highest BCUT2D eigenvalue weighted by Crippen LogP contribution is 2.19. The van der Waals surface area contributed by atoms with E-state index in [1.807, 2.05) is 38.1 Å². The summed E-state index contributed by atoms with van der Waals surface area (Å²) < 4.78 is 10.8. The first-order valence-electron chi connectivity index (χ1n) is 8.94. The van der Waals surface area contributed by atoms with Crippen molar-refractivity contribution in [2.75, 3.05) is 13.6 Å². The van der Waals surface area contributed by atoms with Crippen molar-refractivity contribution in [1.82, 2.24) is 20.8 Å². The average molecular weight is 367 g/mol. The Bertz CT molecular complexity index is 889. The quantitative estimate of drug-likeness (QED) is 0.514.